The fourth-order valence-electron chi connectivity index (χ4n) is 2.37. The fraction of sp³-hybridized carbons (Fsp3) is 0.312. The molecule has 3 rings (SSSR count). The van der Waals surface area contributed by atoms with Crippen LogP contribution in [-0.2, 0) is 0 Å². The van der Waals surface area contributed by atoms with Crippen LogP contribution in [0.5, 0.6) is 0 Å². The Morgan fingerprint density at radius 2 is 1.75 bits per heavy atom. The lowest BCUT2D eigenvalue weighted by molar-refractivity contribution is 0.272. The molecule has 0 unspecified atom stereocenters. The van der Waals surface area contributed by atoms with Crippen molar-refractivity contribution >= 4 is 23.2 Å². The second-order valence-corrected chi connectivity index (χ2v) is 6.29. The van der Waals surface area contributed by atoms with Gasteiger partial charge in [0.05, 0.1) is 19.3 Å². The first-order valence-electron chi connectivity index (χ1n) is 6.97. The Hall–Kier alpha value is -1.81. The van der Waals surface area contributed by atoms with Crippen LogP contribution in [0.2, 0.25) is 0 Å². The first-order valence-corrected chi connectivity index (χ1v) is 7.78. The largest absolute Gasteiger partial charge is 0.368 e. The molecule has 0 spiro atoms. The normalized spacial score (nSPS) is 16.1. The molecule has 1 aliphatic heterocycles. The summed E-state index contributed by atoms with van der Waals surface area (Å²) < 4.78 is 0. The number of para-hydroxylation sites is 1. The number of piperazine rings is 1. The summed E-state index contributed by atoms with van der Waals surface area (Å²) in [5.41, 5.74) is 1.31. The average Bonchev–Trinajstić information content (AvgIpc) is 2.92. The van der Waals surface area contributed by atoms with Crippen LogP contribution in [0.3, 0.4) is 0 Å². The van der Waals surface area contributed by atoms with E-state index in [1.807, 2.05) is 6.21 Å². The minimum atomic E-state index is 0.982. The molecule has 0 radical (unpaired) electrons. The summed E-state index contributed by atoms with van der Waals surface area (Å²) in [6.45, 7) is 6.15. The van der Waals surface area contributed by atoms with Gasteiger partial charge in [0.15, 0.2) is 0 Å². The van der Waals surface area contributed by atoms with E-state index < -0.39 is 0 Å². The van der Waals surface area contributed by atoms with Gasteiger partial charge in [-0.05, 0) is 31.2 Å². The number of rotatable bonds is 3. The van der Waals surface area contributed by atoms with E-state index in [1.165, 1.54) is 15.4 Å². The van der Waals surface area contributed by atoms with Crippen LogP contribution in [0.25, 0.3) is 0 Å². The van der Waals surface area contributed by atoms with Crippen LogP contribution >= 0.6 is 11.3 Å². The molecule has 1 saturated heterocycles. The highest BCUT2D eigenvalue weighted by Crippen LogP contribution is 2.16. The van der Waals surface area contributed by atoms with E-state index in [2.05, 4.69) is 64.4 Å². The van der Waals surface area contributed by atoms with Crippen LogP contribution in [-0.4, -0.2) is 37.4 Å². The van der Waals surface area contributed by atoms with E-state index in [0.29, 0.717) is 0 Å². The van der Waals surface area contributed by atoms with Crippen molar-refractivity contribution in [2.75, 3.05) is 31.1 Å². The number of hydrazone groups is 1. The van der Waals surface area contributed by atoms with Gasteiger partial charge < -0.3 is 4.90 Å². The topological polar surface area (TPSA) is 18.8 Å². The van der Waals surface area contributed by atoms with Gasteiger partial charge in [-0.1, -0.05) is 18.2 Å². The Kier molecular flexibility index (Phi) is 4.02. The molecule has 2 heterocycles. The smallest absolute Gasteiger partial charge is 0.0642 e. The molecule has 0 atom stereocenters. The molecule has 1 aromatic carbocycles. The first kappa shape index (κ1) is 13.2. The Bertz CT molecular complexity index is 568. The predicted octanol–water partition coefficient (Wildman–Crippen LogP) is 3.21. The van der Waals surface area contributed by atoms with Crippen molar-refractivity contribution in [2.45, 2.75) is 6.92 Å². The second-order valence-electron chi connectivity index (χ2n) is 4.97. The highest BCUT2D eigenvalue weighted by Gasteiger charge is 2.15. The number of anilines is 1. The van der Waals surface area contributed by atoms with Crippen LogP contribution in [0.1, 0.15) is 9.75 Å². The molecular formula is C16H19N3S. The lowest BCUT2D eigenvalue weighted by atomic mass is 10.2. The molecule has 0 bridgehead atoms. The van der Waals surface area contributed by atoms with E-state index >= 15 is 0 Å². The summed E-state index contributed by atoms with van der Waals surface area (Å²) in [7, 11) is 0. The van der Waals surface area contributed by atoms with Gasteiger partial charge in [0, 0.05) is 28.5 Å². The molecule has 1 aromatic heterocycles. The highest BCUT2D eigenvalue weighted by molar-refractivity contribution is 7.13. The molecule has 2 aromatic rings. The summed E-state index contributed by atoms with van der Waals surface area (Å²) in [5.74, 6) is 0. The molecule has 4 heteroatoms. The molecule has 1 aliphatic rings. The minimum Gasteiger partial charge on any atom is -0.368 e. The third kappa shape index (κ3) is 3.20. The minimum absolute atomic E-state index is 0.982. The van der Waals surface area contributed by atoms with Crippen LogP contribution < -0.4 is 4.90 Å². The SMILES string of the molecule is Cc1ccc(/C=N\N2CCN(c3ccccc3)CC2)s1. The van der Waals surface area contributed by atoms with Gasteiger partial charge in [0.1, 0.15) is 0 Å². The van der Waals surface area contributed by atoms with Crippen LogP contribution in [0, 0.1) is 6.92 Å². The van der Waals surface area contributed by atoms with Crippen LogP contribution in [0.4, 0.5) is 5.69 Å². The lowest BCUT2D eigenvalue weighted by Gasteiger charge is -2.34. The Morgan fingerprint density at radius 3 is 2.40 bits per heavy atom. The number of hydrogen-bond donors (Lipinski definition) is 0. The zero-order chi connectivity index (χ0) is 13.8. The molecule has 0 N–H and O–H groups in total. The number of hydrogen-bond acceptors (Lipinski definition) is 4. The van der Waals surface area contributed by atoms with Crippen molar-refractivity contribution in [3.63, 3.8) is 0 Å². The van der Waals surface area contributed by atoms with Gasteiger partial charge in [-0.2, -0.15) is 5.10 Å². The standard InChI is InChI=1S/C16H19N3S/c1-14-7-8-16(20-14)13-17-19-11-9-18(10-12-19)15-5-3-2-4-6-15/h2-8,13H,9-12H2,1H3/b17-13-. The van der Waals surface area contributed by atoms with Gasteiger partial charge in [-0.25, -0.2) is 0 Å². The molecule has 104 valence electrons. The van der Waals surface area contributed by atoms with E-state index in [-0.39, 0.29) is 0 Å². The maximum absolute atomic E-state index is 4.59. The predicted molar refractivity (Wildman–Crippen MR) is 86.9 cm³/mol. The Labute approximate surface area is 124 Å². The van der Waals surface area contributed by atoms with Crippen molar-refractivity contribution in [1.82, 2.24) is 5.01 Å². The zero-order valence-electron chi connectivity index (χ0n) is 11.7. The average molecular weight is 285 g/mol. The van der Waals surface area contributed by atoms with E-state index in [4.69, 9.17) is 0 Å². The fourth-order valence-corrected chi connectivity index (χ4v) is 3.11. The summed E-state index contributed by atoms with van der Waals surface area (Å²) in [6, 6.07) is 14.9. The van der Waals surface area contributed by atoms with Crippen LogP contribution in [0.15, 0.2) is 47.6 Å². The molecule has 0 amide bonds. The molecule has 20 heavy (non-hydrogen) atoms. The molecule has 0 saturated carbocycles. The third-order valence-electron chi connectivity index (χ3n) is 3.49. The number of nitrogens with zero attached hydrogens (tertiary/aromatic N) is 3. The van der Waals surface area contributed by atoms with Gasteiger partial charge in [0.25, 0.3) is 0 Å². The number of benzene rings is 1. The van der Waals surface area contributed by atoms with Gasteiger partial charge in [-0.15, -0.1) is 11.3 Å². The quantitative estimate of drug-likeness (QED) is 0.806. The van der Waals surface area contributed by atoms with Gasteiger partial charge in [-0.3, -0.25) is 5.01 Å². The zero-order valence-corrected chi connectivity index (χ0v) is 12.5. The van der Waals surface area contributed by atoms with E-state index in [9.17, 15) is 0 Å². The third-order valence-corrected chi connectivity index (χ3v) is 4.42. The number of aryl methyl sites for hydroxylation is 1. The van der Waals surface area contributed by atoms with Crippen molar-refractivity contribution in [1.29, 1.82) is 0 Å². The second kappa shape index (κ2) is 6.09. The number of thiophene rings is 1. The highest BCUT2D eigenvalue weighted by atomic mass is 32.1. The molecular weight excluding hydrogens is 266 g/mol. The van der Waals surface area contributed by atoms with Crippen molar-refractivity contribution in [3.05, 3.63) is 52.2 Å². The first-order chi connectivity index (χ1) is 9.81. The summed E-state index contributed by atoms with van der Waals surface area (Å²) in [6.07, 6.45) is 1.98. The maximum Gasteiger partial charge on any atom is 0.0642 e. The van der Waals surface area contributed by atoms with Crippen molar-refractivity contribution < 1.29 is 0 Å². The van der Waals surface area contributed by atoms with Crippen molar-refractivity contribution in [3.8, 4) is 0 Å². The summed E-state index contributed by atoms with van der Waals surface area (Å²) in [4.78, 5) is 4.98. The maximum atomic E-state index is 4.59. The van der Waals surface area contributed by atoms with E-state index in [1.54, 1.807) is 11.3 Å². The monoisotopic (exact) mass is 285 g/mol. The molecule has 1 fully saturated rings. The van der Waals surface area contributed by atoms with Crippen molar-refractivity contribution in [2.24, 2.45) is 5.10 Å². The van der Waals surface area contributed by atoms with Gasteiger partial charge >= 0.3 is 0 Å². The lowest BCUT2D eigenvalue weighted by Crippen LogP contribution is -2.44. The van der Waals surface area contributed by atoms with Gasteiger partial charge in [0.2, 0.25) is 0 Å². The Morgan fingerprint density at radius 1 is 1.00 bits per heavy atom. The molecule has 0 aliphatic carbocycles. The summed E-state index contributed by atoms with van der Waals surface area (Å²) >= 11 is 1.79. The summed E-state index contributed by atoms with van der Waals surface area (Å²) in [5, 5.41) is 6.75. The van der Waals surface area contributed by atoms with E-state index in [0.717, 1.165) is 26.2 Å². The Balaban J connectivity index is 1.55. The molecule has 3 nitrogen and oxygen atoms in total.